The summed E-state index contributed by atoms with van der Waals surface area (Å²) in [6.45, 7) is 0.896. The predicted octanol–water partition coefficient (Wildman–Crippen LogP) is 3.61. The second-order valence-corrected chi connectivity index (χ2v) is 5.91. The quantitative estimate of drug-likeness (QED) is 0.922. The van der Waals surface area contributed by atoms with Gasteiger partial charge in [0.1, 0.15) is 5.82 Å². The van der Waals surface area contributed by atoms with Crippen molar-refractivity contribution < 1.29 is 23.8 Å². The van der Waals surface area contributed by atoms with E-state index in [1.54, 1.807) is 0 Å². The van der Waals surface area contributed by atoms with Crippen LogP contribution in [0.25, 0.3) is 0 Å². The molecule has 1 atom stereocenters. The van der Waals surface area contributed by atoms with E-state index >= 15 is 0 Å². The van der Waals surface area contributed by atoms with Gasteiger partial charge >= 0.3 is 5.97 Å². The third kappa shape index (κ3) is 2.93. The van der Waals surface area contributed by atoms with Crippen LogP contribution in [0.3, 0.4) is 0 Å². The van der Waals surface area contributed by atoms with Crippen molar-refractivity contribution in [3.05, 3.63) is 22.5 Å². The molecule has 1 aromatic rings. The van der Waals surface area contributed by atoms with Gasteiger partial charge < -0.3 is 14.6 Å². The summed E-state index contributed by atoms with van der Waals surface area (Å²) in [6.07, 6.45) is 2.37. The minimum absolute atomic E-state index is 0.0507. The standard InChI is InChI=1S/C15H16ClFO4/c16-10-7-11-15(21-5-1-4-20-11)13(14(10)17)9(6-12(18)19)8-2-3-8/h7-9H,1-6H2,(H,18,19). The minimum atomic E-state index is -0.949. The molecule has 3 rings (SSSR count). The Morgan fingerprint density at radius 3 is 2.81 bits per heavy atom. The zero-order chi connectivity index (χ0) is 15.0. The molecule has 2 aliphatic rings. The predicted molar refractivity (Wildman–Crippen MR) is 74.7 cm³/mol. The van der Waals surface area contributed by atoms with Crippen LogP contribution >= 0.6 is 11.6 Å². The Balaban J connectivity index is 2.10. The molecule has 4 nitrogen and oxygen atoms in total. The van der Waals surface area contributed by atoms with E-state index in [1.807, 2.05) is 0 Å². The van der Waals surface area contributed by atoms with Crippen molar-refractivity contribution in [3.8, 4) is 11.5 Å². The van der Waals surface area contributed by atoms with Gasteiger partial charge in [0, 0.05) is 24.0 Å². The zero-order valence-electron chi connectivity index (χ0n) is 11.4. The van der Waals surface area contributed by atoms with Gasteiger partial charge in [0.15, 0.2) is 11.5 Å². The smallest absolute Gasteiger partial charge is 0.303 e. The van der Waals surface area contributed by atoms with Crippen LogP contribution < -0.4 is 9.47 Å². The number of benzene rings is 1. The molecule has 0 bridgehead atoms. The molecule has 6 heteroatoms. The number of aliphatic carboxylic acids is 1. The first-order valence-electron chi connectivity index (χ1n) is 7.07. The van der Waals surface area contributed by atoms with Gasteiger partial charge in [-0.05, 0) is 18.8 Å². The SMILES string of the molecule is O=C(O)CC(c1c(F)c(Cl)cc2c1OCCCO2)C1CC1. The number of fused-ring (bicyclic) bond motifs is 1. The van der Waals surface area contributed by atoms with Crippen LogP contribution in [0.2, 0.25) is 5.02 Å². The number of ether oxygens (including phenoxy) is 2. The number of carboxylic acid groups (broad SMARTS) is 1. The molecule has 1 N–H and O–H groups in total. The Kier molecular flexibility index (Phi) is 3.93. The Hall–Kier alpha value is -1.49. The van der Waals surface area contributed by atoms with E-state index < -0.39 is 17.7 Å². The summed E-state index contributed by atoms with van der Waals surface area (Å²) in [5.41, 5.74) is 0.268. The van der Waals surface area contributed by atoms with Gasteiger partial charge in [0.25, 0.3) is 0 Å². The first kappa shape index (κ1) is 14.4. The monoisotopic (exact) mass is 314 g/mol. The maximum Gasteiger partial charge on any atom is 0.303 e. The summed E-state index contributed by atoms with van der Waals surface area (Å²) in [6, 6.07) is 1.41. The van der Waals surface area contributed by atoms with E-state index in [4.69, 9.17) is 26.2 Å². The Morgan fingerprint density at radius 1 is 1.43 bits per heavy atom. The van der Waals surface area contributed by atoms with Gasteiger partial charge in [0.05, 0.1) is 24.7 Å². The number of carbonyl (C=O) groups is 1. The first-order valence-corrected chi connectivity index (χ1v) is 7.45. The van der Waals surface area contributed by atoms with E-state index in [1.165, 1.54) is 6.07 Å². The van der Waals surface area contributed by atoms with Crippen LogP contribution in [0, 0.1) is 11.7 Å². The van der Waals surface area contributed by atoms with Gasteiger partial charge in [-0.25, -0.2) is 4.39 Å². The van der Waals surface area contributed by atoms with Gasteiger partial charge in [-0.3, -0.25) is 4.79 Å². The molecule has 0 saturated heterocycles. The van der Waals surface area contributed by atoms with Gasteiger partial charge in [-0.2, -0.15) is 0 Å². The first-order chi connectivity index (χ1) is 10.1. The van der Waals surface area contributed by atoms with Crippen LogP contribution in [0.5, 0.6) is 11.5 Å². The van der Waals surface area contributed by atoms with Crippen LogP contribution in [0.15, 0.2) is 6.07 Å². The van der Waals surface area contributed by atoms with E-state index in [0.717, 1.165) is 12.8 Å². The molecule has 1 aromatic carbocycles. The molecule has 1 aliphatic heterocycles. The fourth-order valence-corrected chi connectivity index (χ4v) is 3.00. The van der Waals surface area contributed by atoms with E-state index in [9.17, 15) is 9.18 Å². The summed E-state index contributed by atoms with van der Waals surface area (Å²) < 4.78 is 25.7. The van der Waals surface area contributed by atoms with Crippen molar-refractivity contribution >= 4 is 17.6 Å². The number of hydrogen-bond acceptors (Lipinski definition) is 3. The second kappa shape index (κ2) is 5.72. The molecule has 1 fully saturated rings. The number of halogens is 2. The van der Waals surface area contributed by atoms with Crippen molar-refractivity contribution in [3.63, 3.8) is 0 Å². The lowest BCUT2D eigenvalue weighted by Gasteiger charge is -2.21. The van der Waals surface area contributed by atoms with Crippen molar-refractivity contribution in [1.29, 1.82) is 0 Å². The van der Waals surface area contributed by atoms with Crippen LogP contribution in [0.1, 0.15) is 37.2 Å². The van der Waals surface area contributed by atoms with Crippen molar-refractivity contribution in [1.82, 2.24) is 0 Å². The number of rotatable bonds is 4. The van der Waals surface area contributed by atoms with Gasteiger partial charge in [0.2, 0.25) is 0 Å². The zero-order valence-corrected chi connectivity index (χ0v) is 12.2. The van der Waals surface area contributed by atoms with Gasteiger partial charge in [-0.15, -0.1) is 0 Å². The number of carboxylic acids is 1. The second-order valence-electron chi connectivity index (χ2n) is 5.51. The highest BCUT2D eigenvalue weighted by atomic mass is 35.5. The molecule has 0 spiro atoms. The minimum Gasteiger partial charge on any atom is -0.489 e. The largest absolute Gasteiger partial charge is 0.489 e. The van der Waals surface area contributed by atoms with Crippen molar-refractivity contribution in [2.45, 2.75) is 31.6 Å². The topological polar surface area (TPSA) is 55.8 Å². The van der Waals surface area contributed by atoms with Crippen molar-refractivity contribution in [2.24, 2.45) is 5.92 Å². The molecule has 0 amide bonds. The fourth-order valence-electron chi connectivity index (χ4n) is 2.80. The van der Waals surface area contributed by atoms with E-state index in [0.29, 0.717) is 31.1 Å². The van der Waals surface area contributed by atoms with E-state index in [-0.39, 0.29) is 22.9 Å². The highest BCUT2D eigenvalue weighted by Crippen LogP contribution is 2.51. The molecule has 0 aromatic heterocycles. The summed E-state index contributed by atoms with van der Waals surface area (Å²) in [5.74, 6) is -1.05. The Labute approximate surface area is 126 Å². The molecule has 21 heavy (non-hydrogen) atoms. The van der Waals surface area contributed by atoms with Crippen LogP contribution in [-0.2, 0) is 4.79 Å². The molecule has 1 unspecified atom stereocenters. The van der Waals surface area contributed by atoms with Crippen LogP contribution in [0.4, 0.5) is 4.39 Å². The fraction of sp³-hybridized carbons (Fsp3) is 0.533. The molecular weight excluding hydrogens is 299 g/mol. The van der Waals surface area contributed by atoms with Crippen LogP contribution in [-0.4, -0.2) is 24.3 Å². The molecule has 114 valence electrons. The Morgan fingerprint density at radius 2 is 2.14 bits per heavy atom. The highest BCUT2D eigenvalue weighted by Gasteiger charge is 2.39. The maximum atomic E-state index is 14.6. The average Bonchev–Trinajstić information content (AvgIpc) is 3.24. The lowest BCUT2D eigenvalue weighted by molar-refractivity contribution is -0.137. The molecule has 0 radical (unpaired) electrons. The van der Waals surface area contributed by atoms with E-state index in [2.05, 4.69) is 0 Å². The van der Waals surface area contributed by atoms with Crippen molar-refractivity contribution in [2.75, 3.05) is 13.2 Å². The molecule has 1 saturated carbocycles. The third-order valence-corrected chi connectivity index (χ3v) is 4.20. The Bertz CT molecular complexity index is 571. The maximum absolute atomic E-state index is 14.6. The van der Waals surface area contributed by atoms with Gasteiger partial charge in [-0.1, -0.05) is 11.6 Å². The summed E-state index contributed by atoms with van der Waals surface area (Å²) >= 11 is 5.95. The highest BCUT2D eigenvalue weighted by molar-refractivity contribution is 6.31. The normalized spacial score (nSPS) is 19.0. The lowest BCUT2D eigenvalue weighted by atomic mass is 9.89. The number of hydrogen-bond donors (Lipinski definition) is 1. The molecule has 1 aliphatic carbocycles. The molecule has 1 heterocycles. The third-order valence-electron chi connectivity index (χ3n) is 3.92. The average molecular weight is 315 g/mol. The summed E-state index contributed by atoms with van der Waals surface area (Å²) in [7, 11) is 0. The lowest BCUT2D eigenvalue weighted by Crippen LogP contribution is -2.13. The molecular formula is C15H16ClFO4. The summed E-state index contributed by atoms with van der Waals surface area (Å²) in [5, 5.41) is 9.06. The summed E-state index contributed by atoms with van der Waals surface area (Å²) in [4.78, 5) is 11.1.